The number of ether oxygens (including phenoxy) is 1. The van der Waals surface area contributed by atoms with E-state index >= 15 is 0 Å². The molecule has 0 amide bonds. The van der Waals surface area contributed by atoms with Crippen LogP contribution < -0.4 is 10.2 Å². The third kappa shape index (κ3) is 3.30. The molecule has 0 radical (unpaired) electrons. The van der Waals surface area contributed by atoms with Crippen LogP contribution in [0, 0.1) is 0 Å². The molecule has 0 spiro atoms. The van der Waals surface area contributed by atoms with Gasteiger partial charge in [-0.3, -0.25) is 0 Å². The molecule has 0 unspecified atom stereocenters. The van der Waals surface area contributed by atoms with Crippen molar-refractivity contribution in [3.05, 3.63) is 42.5 Å². The SMILES string of the molecule is OB(O)c1ccc(OC(F)(F)F)c(-c2nc3ccccc3[nH]2)c1. The van der Waals surface area contributed by atoms with Crippen LogP contribution in [0.2, 0.25) is 0 Å². The van der Waals surface area contributed by atoms with Crippen molar-refractivity contribution in [2.75, 3.05) is 0 Å². The van der Waals surface area contributed by atoms with Crippen molar-refractivity contribution in [3.8, 4) is 17.1 Å². The maximum Gasteiger partial charge on any atom is 0.573 e. The molecular weight excluding hydrogens is 312 g/mol. The second kappa shape index (κ2) is 5.60. The summed E-state index contributed by atoms with van der Waals surface area (Å²) >= 11 is 0. The van der Waals surface area contributed by atoms with E-state index in [0.717, 1.165) is 12.1 Å². The molecular formula is C14H10BF3N2O3. The number of benzene rings is 2. The van der Waals surface area contributed by atoms with Crippen LogP contribution in [0.3, 0.4) is 0 Å². The fourth-order valence-corrected chi connectivity index (χ4v) is 2.19. The largest absolute Gasteiger partial charge is 0.573 e. The number of alkyl halides is 3. The predicted octanol–water partition coefficient (Wildman–Crippen LogP) is 1.81. The number of para-hydroxylation sites is 2. The lowest BCUT2D eigenvalue weighted by Crippen LogP contribution is -2.30. The zero-order valence-electron chi connectivity index (χ0n) is 11.5. The van der Waals surface area contributed by atoms with E-state index in [4.69, 9.17) is 0 Å². The zero-order chi connectivity index (χ0) is 16.6. The van der Waals surface area contributed by atoms with E-state index in [1.54, 1.807) is 24.3 Å². The molecule has 3 aromatic rings. The van der Waals surface area contributed by atoms with Crippen LogP contribution in [0.1, 0.15) is 0 Å². The fourth-order valence-electron chi connectivity index (χ4n) is 2.19. The average Bonchev–Trinajstić information content (AvgIpc) is 2.89. The molecule has 0 aliphatic rings. The van der Waals surface area contributed by atoms with Crippen molar-refractivity contribution in [2.24, 2.45) is 0 Å². The molecule has 0 saturated heterocycles. The van der Waals surface area contributed by atoms with Crippen molar-refractivity contribution in [3.63, 3.8) is 0 Å². The number of H-pyrrole nitrogens is 1. The van der Waals surface area contributed by atoms with Gasteiger partial charge in [-0.15, -0.1) is 13.2 Å². The summed E-state index contributed by atoms with van der Waals surface area (Å²) in [7, 11) is -1.82. The summed E-state index contributed by atoms with van der Waals surface area (Å²) in [5.74, 6) is -0.353. The van der Waals surface area contributed by atoms with Gasteiger partial charge in [-0.25, -0.2) is 4.98 Å². The summed E-state index contributed by atoms with van der Waals surface area (Å²) in [4.78, 5) is 7.09. The van der Waals surface area contributed by atoms with E-state index in [1.165, 1.54) is 6.07 Å². The Bertz CT molecular complexity index is 816. The van der Waals surface area contributed by atoms with Crippen molar-refractivity contribution in [2.45, 2.75) is 6.36 Å². The summed E-state index contributed by atoms with van der Waals surface area (Å²) in [5, 5.41) is 18.4. The van der Waals surface area contributed by atoms with Crippen LogP contribution >= 0.6 is 0 Å². The number of aromatic amines is 1. The van der Waals surface area contributed by atoms with E-state index in [0.29, 0.717) is 11.0 Å². The molecule has 3 rings (SSSR count). The van der Waals surface area contributed by atoms with Crippen LogP contribution in [0.25, 0.3) is 22.4 Å². The Morgan fingerprint density at radius 1 is 1.09 bits per heavy atom. The van der Waals surface area contributed by atoms with Gasteiger partial charge in [0.05, 0.1) is 16.6 Å². The number of rotatable bonds is 3. The highest BCUT2D eigenvalue weighted by molar-refractivity contribution is 6.58. The minimum Gasteiger partial charge on any atom is -0.423 e. The maximum atomic E-state index is 12.5. The highest BCUT2D eigenvalue weighted by Gasteiger charge is 2.33. The quantitative estimate of drug-likeness (QED) is 0.643. The number of fused-ring (bicyclic) bond motifs is 1. The first-order chi connectivity index (χ1) is 10.8. The fraction of sp³-hybridized carbons (Fsp3) is 0.0714. The Hall–Kier alpha value is -2.52. The first-order valence-electron chi connectivity index (χ1n) is 6.54. The number of imidazole rings is 1. The van der Waals surface area contributed by atoms with Crippen molar-refractivity contribution >= 4 is 23.6 Å². The van der Waals surface area contributed by atoms with Gasteiger partial charge in [0, 0.05) is 0 Å². The maximum absolute atomic E-state index is 12.5. The molecule has 1 aromatic heterocycles. The Morgan fingerprint density at radius 3 is 2.48 bits per heavy atom. The van der Waals surface area contributed by atoms with Gasteiger partial charge in [0.2, 0.25) is 0 Å². The molecule has 0 aliphatic carbocycles. The number of nitrogens with one attached hydrogen (secondary N) is 1. The third-order valence-electron chi connectivity index (χ3n) is 3.17. The predicted molar refractivity (Wildman–Crippen MR) is 78.0 cm³/mol. The minimum atomic E-state index is -4.87. The Balaban J connectivity index is 2.15. The van der Waals surface area contributed by atoms with Crippen LogP contribution in [0.15, 0.2) is 42.5 Å². The normalized spacial score (nSPS) is 11.7. The molecule has 23 heavy (non-hydrogen) atoms. The lowest BCUT2D eigenvalue weighted by molar-refractivity contribution is -0.274. The number of nitrogens with zero attached hydrogens (tertiary/aromatic N) is 1. The van der Waals surface area contributed by atoms with Crippen molar-refractivity contribution in [1.82, 2.24) is 9.97 Å². The van der Waals surface area contributed by atoms with Gasteiger partial charge in [-0.2, -0.15) is 0 Å². The van der Waals surface area contributed by atoms with Gasteiger partial charge in [0.25, 0.3) is 0 Å². The van der Waals surface area contributed by atoms with Crippen LogP contribution in [-0.2, 0) is 0 Å². The van der Waals surface area contributed by atoms with Crippen LogP contribution in [-0.4, -0.2) is 33.5 Å². The minimum absolute atomic E-state index is 0.0231. The molecule has 0 fully saturated rings. The molecule has 3 N–H and O–H groups in total. The average molecular weight is 322 g/mol. The number of aromatic nitrogens is 2. The molecule has 0 saturated carbocycles. The standard InChI is InChI=1S/C14H10BF3N2O3/c16-14(17,18)23-12-6-5-8(15(21)22)7-9(12)13-19-10-3-1-2-4-11(10)20-13/h1-7,21-22H,(H,19,20). The zero-order valence-corrected chi connectivity index (χ0v) is 11.5. The molecule has 118 valence electrons. The highest BCUT2D eigenvalue weighted by atomic mass is 19.4. The molecule has 9 heteroatoms. The second-order valence-corrected chi connectivity index (χ2v) is 4.78. The lowest BCUT2D eigenvalue weighted by atomic mass is 9.79. The Morgan fingerprint density at radius 2 is 1.83 bits per heavy atom. The van der Waals surface area contributed by atoms with Crippen LogP contribution in [0.4, 0.5) is 13.2 Å². The molecule has 1 heterocycles. The number of halogens is 3. The first-order valence-corrected chi connectivity index (χ1v) is 6.54. The van der Waals surface area contributed by atoms with E-state index in [2.05, 4.69) is 14.7 Å². The first kappa shape index (κ1) is 15.4. The van der Waals surface area contributed by atoms with Gasteiger partial charge in [0.1, 0.15) is 11.6 Å². The summed E-state index contributed by atoms with van der Waals surface area (Å²) in [5.41, 5.74) is 1.20. The monoisotopic (exact) mass is 322 g/mol. The van der Waals surface area contributed by atoms with Gasteiger partial charge in [0.15, 0.2) is 0 Å². The van der Waals surface area contributed by atoms with Gasteiger partial charge < -0.3 is 19.8 Å². The topological polar surface area (TPSA) is 78.4 Å². The third-order valence-corrected chi connectivity index (χ3v) is 3.17. The molecule has 0 bridgehead atoms. The van der Waals surface area contributed by atoms with Crippen LogP contribution in [0.5, 0.6) is 5.75 Å². The summed E-state index contributed by atoms with van der Waals surface area (Å²) < 4.78 is 41.6. The summed E-state index contributed by atoms with van der Waals surface area (Å²) in [6.45, 7) is 0. The van der Waals surface area contributed by atoms with E-state index in [-0.39, 0.29) is 16.9 Å². The number of hydrogen-bond donors (Lipinski definition) is 3. The lowest BCUT2D eigenvalue weighted by Gasteiger charge is -2.13. The Labute approximate surface area is 128 Å². The molecule has 2 aromatic carbocycles. The highest BCUT2D eigenvalue weighted by Crippen LogP contribution is 2.32. The van der Waals surface area contributed by atoms with Crippen molar-refractivity contribution < 1.29 is 28.0 Å². The molecule has 5 nitrogen and oxygen atoms in total. The van der Waals surface area contributed by atoms with Gasteiger partial charge in [-0.1, -0.05) is 18.2 Å². The van der Waals surface area contributed by atoms with E-state index in [9.17, 15) is 23.2 Å². The van der Waals surface area contributed by atoms with Crippen molar-refractivity contribution in [1.29, 1.82) is 0 Å². The number of hydrogen-bond acceptors (Lipinski definition) is 4. The van der Waals surface area contributed by atoms with Gasteiger partial charge >= 0.3 is 13.5 Å². The smallest absolute Gasteiger partial charge is 0.423 e. The van der Waals surface area contributed by atoms with E-state index in [1.807, 2.05) is 0 Å². The van der Waals surface area contributed by atoms with E-state index < -0.39 is 19.2 Å². The summed E-state index contributed by atoms with van der Waals surface area (Å²) in [6.07, 6.45) is -4.87. The molecule has 0 aliphatic heterocycles. The second-order valence-electron chi connectivity index (χ2n) is 4.78. The summed E-state index contributed by atoms with van der Waals surface area (Å²) in [6, 6.07) is 10.3. The van der Waals surface area contributed by atoms with Gasteiger partial charge in [-0.05, 0) is 29.7 Å². The molecule has 0 atom stereocenters. The Kier molecular flexibility index (Phi) is 3.74.